The maximum Gasteiger partial charge on any atom is 0.416 e. The molecule has 1 aromatic heterocycles. The fraction of sp³-hybridized carbons (Fsp3) is 0.250. The SMILES string of the molecule is O=C(CCc1ccc(C(F)(F)F)cc1)NC(Cn1nccn1)c1ccccc1. The van der Waals surface area contributed by atoms with Crippen LogP contribution in [0, 0.1) is 0 Å². The van der Waals surface area contributed by atoms with Crippen molar-refractivity contribution in [1.82, 2.24) is 20.3 Å². The van der Waals surface area contributed by atoms with E-state index in [-0.39, 0.29) is 18.4 Å². The fourth-order valence-electron chi connectivity index (χ4n) is 2.81. The van der Waals surface area contributed by atoms with Gasteiger partial charge in [-0.15, -0.1) is 0 Å². The van der Waals surface area contributed by atoms with Gasteiger partial charge in [0.2, 0.25) is 5.91 Å². The molecule has 0 fully saturated rings. The molecule has 1 unspecified atom stereocenters. The first-order valence-electron chi connectivity index (χ1n) is 8.76. The Hall–Kier alpha value is -3.16. The third kappa shape index (κ3) is 5.42. The topological polar surface area (TPSA) is 59.8 Å². The second kappa shape index (κ2) is 8.69. The number of aryl methyl sites for hydroxylation is 1. The largest absolute Gasteiger partial charge is 0.416 e. The zero-order chi connectivity index (χ0) is 20.0. The number of carbonyl (C=O) groups is 1. The van der Waals surface area contributed by atoms with E-state index in [1.807, 2.05) is 30.3 Å². The number of amides is 1. The van der Waals surface area contributed by atoms with E-state index in [1.54, 1.807) is 12.4 Å². The van der Waals surface area contributed by atoms with Crippen LogP contribution in [0.15, 0.2) is 67.0 Å². The van der Waals surface area contributed by atoms with Gasteiger partial charge in [-0.1, -0.05) is 42.5 Å². The standard InChI is InChI=1S/C20H19F3N4O/c21-20(22,23)17-9-6-15(7-10-17)8-11-19(28)26-18(14-27-24-12-13-25-27)16-4-2-1-3-5-16/h1-7,9-10,12-13,18H,8,11,14H2,(H,26,28). The van der Waals surface area contributed by atoms with Crippen LogP contribution in [0.1, 0.15) is 29.2 Å². The van der Waals surface area contributed by atoms with Crippen molar-refractivity contribution in [3.63, 3.8) is 0 Å². The number of rotatable bonds is 7. The number of aromatic nitrogens is 3. The lowest BCUT2D eigenvalue weighted by atomic mass is 10.0. The molecule has 0 aliphatic rings. The molecule has 1 heterocycles. The van der Waals surface area contributed by atoms with E-state index in [2.05, 4.69) is 15.5 Å². The van der Waals surface area contributed by atoms with Crippen LogP contribution in [0.5, 0.6) is 0 Å². The average molecular weight is 388 g/mol. The van der Waals surface area contributed by atoms with Crippen LogP contribution in [0.3, 0.4) is 0 Å². The Morgan fingerprint density at radius 3 is 2.25 bits per heavy atom. The summed E-state index contributed by atoms with van der Waals surface area (Å²) in [6, 6.07) is 14.0. The Labute approximate surface area is 160 Å². The monoisotopic (exact) mass is 388 g/mol. The van der Waals surface area contributed by atoms with Gasteiger partial charge in [-0.05, 0) is 29.7 Å². The molecule has 0 saturated heterocycles. The zero-order valence-electron chi connectivity index (χ0n) is 14.9. The number of halogens is 3. The van der Waals surface area contributed by atoms with Gasteiger partial charge in [0.25, 0.3) is 0 Å². The number of nitrogens with one attached hydrogen (secondary N) is 1. The van der Waals surface area contributed by atoms with Gasteiger partial charge in [-0.3, -0.25) is 4.79 Å². The van der Waals surface area contributed by atoms with Crippen LogP contribution in [0.2, 0.25) is 0 Å². The summed E-state index contributed by atoms with van der Waals surface area (Å²) in [5, 5.41) is 11.1. The summed E-state index contributed by atoms with van der Waals surface area (Å²) in [6.07, 6.45) is -0.713. The molecule has 0 radical (unpaired) electrons. The van der Waals surface area contributed by atoms with Crippen LogP contribution < -0.4 is 5.32 Å². The summed E-state index contributed by atoms with van der Waals surface area (Å²) >= 11 is 0. The van der Waals surface area contributed by atoms with Gasteiger partial charge in [-0.2, -0.15) is 28.2 Å². The maximum absolute atomic E-state index is 12.6. The highest BCUT2D eigenvalue weighted by molar-refractivity contribution is 5.76. The molecule has 0 aliphatic heterocycles. The average Bonchev–Trinajstić information content (AvgIpc) is 3.19. The molecule has 0 bridgehead atoms. The quantitative estimate of drug-likeness (QED) is 0.670. The van der Waals surface area contributed by atoms with Crippen molar-refractivity contribution >= 4 is 5.91 Å². The van der Waals surface area contributed by atoms with Gasteiger partial charge >= 0.3 is 6.18 Å². The second-order valence-electron chi connectivity index (χ2n) is 6.31. The Morgan fingerprint density at radius 1 is 1.00 bits per heavy atom. The molecule has 3 rings (SSSR count). The molecule has 28 heavy (non-hydrogen) atoms. The molecule has 1 N–H and O–H groups in total. The molecule has 0 saturated carbocycles. The molecule has 8 heteroatoms. The highest BCUT2D eigenvalue weighted by Crippen LogP contribution is 2.29. The Kier molecular flexibility index (Phi) is 6.08. The molecule has 3 aromatic rings. The summed E-state index contributed by atoms with van der Waals surface area (Å²) in [5.74, 6) is -0.194. The van der Waals surface area contributed by atoms with Gasteiger partial charge < -0.3 is 5.32 Å². The minimum atomic E-state index is -4.36. The Balaban J connectivity index is 1.60. The van der Waals surface area contributed by atoms with Crippen molar-refractivity contribution in [2.24, 2.45) is 0 Å². The third-order valence-electron chi connectivity index (χ3n) is 4.27. The van der Waals surface area contributed by atoms with Crippen molar-refractivity contribution in [1.29, 1.82) is 0 Å². The fourth-order valence-corrected chi connectivity index (χ4v) is 2.81. The van der Waals surface area contributed by atoms with Gasteiger partial charge in [0, 0.05) is 6.42 Å². The van der Waals surface area contributed by atoms with E-state index in [1.165, 1.54) is 16.9 Å². The molecule has 1 atom stereocenters. The van der Waals surface area contributed by atoms with E-state index in [9.17, 15) is 18.0 Å². The predicted octanol–water partition coefficient (Wildman–Crippen LogP) is 3.79. The first-order valence-corrected chi connectivity index (χ1v) is 8.76. The highest BCUT2D eigenvalue weighted by atomic mass is 19.4. The van der Waals surface area contributed by atoms with E-state index in [0.29, 0.717) is 18.5 Å². The maximum atomic E-state index is 12.6. The minimum Gasteiger partial charge on any atom is -0.347 e. The van der Waals surface area contributed by atoms with Gasteiger partial charge in [-0.25, -0.2) is 0 Å². The van der Waals surface area contributed by atoms with E-state index >= 15 is 0 Å². The van der Waals surface area contributed by atoms with Crippen molar-refractivity contribution in [2.75, 3.05) is 0 Å². The van der Waals surface area contributed by atoms with Crippen molar-refractivity contribution in [2.45, 2.75) is 31.6 Å². The van der Waals surface area contributed by atoms with Crippen LogP contribution in [-0.4, -0.2) is 20.9 Å². The van der Waals surface area contributed by atoms with Gasteiger partial charge in [0.1, 0.15) is 0 Å². The first-order chi connectivity index (χ1) is 13.4. The lowest BCUT2D eigenvalue weighted by Crippen LogP contribution is -2.32. The van der Waals surface area contributed by atoms with Crippen molar-refractivity contribution in [3.8, 4) is 0 Å². The molecular weight excluding hydrogens is 369 g/mol. The molecule has 0 spiro atoms. The van der Waals surface area contributed by atoms with E-state index in [4.69, 9.17) is 0 Å². The molecule has 146 valence electrons. The molecule has 2 aromatic carbocycles. The summed E-state index contributed by atoms with van der Waals surface area (Å²) < 4.78 is 37.9. The summed E-state index contributed by atoms with van der Waals surface area (Å²) in [4.78, 5) is 13.9. The normalized spacial score (nSPS) is 12.5. The summed E-state index contributed by atoms with van der Waals surface area (Å²) in [6.45, 7) is 0.378. The number of nitrogens with zero attached hydrogens (tertiary/aromatic N) is 3. The van der Waals surface area contributed by atoms with Crippen LogP contribution in [0.25, 0.3) is 0 Å². The summed E-state index contributed by atoms with van der Waals surface area (Å²) in [5.41, 5.74) is 0.896. The van der Waals surface area contributed by atoms with Gasteiger partial charge in [0.15, 0.2) is 0 Å². The lowest BCUT2D eigenvalue weighted by molar-refractivity contribution is -0.137. The van der Waals surface area contributed by atoms with E-state index < -0.39 is 11.7 Å². The van der Waals surface area contributed by atoms with Crippen LogP contribution in [0.4, 0.5) is 13.2 Å². The van der Waals surface area contributed by atoms with Crippen molar-refractivity contribution < 1.29 is 18.0 Å². The molecule has 0 aliphatic carbocycles. The lowest BCUT2D eigenvalue weighted by Gasteiger charge is -2.19. The summed E-state index contributed by atoms with van der Waals surface area (Å²) in [7, 11) is 0. The molecule has 5 nitrogen and oxygen atoms in total. The van der Waals surface area contributed by atoms with Gasteiger partial charge in [0.05, 0.1) is 30.5 Å². The highest BCUT2D eigenvalue weighted by Gasteiger charge is 2.29. The van der Waals surface area contributed by atoms with Crippen molar-refractivity contribution in [3.05, 3.63) is 83.7 Å². The Morgan fingerprint density at radius 2 is 1.64 bits per heavy atom. The second-order valence-corrected chi connectivity index (χ2v) is 6.31. The van der Waals surface area contributed by atoms with Crippen LogP contribution >= 0.6 is 0 Å². The first kappa shape index (κ1) is 19.6. The number of benzene rings is 2. The molecule has 1 amide bonds. The molecular formula is C20H19F3N4O. The number of carbonyl (C=O) groups excluding carboxylic acids is 1. The zero-order valence-corrected chi connectivity index (χ0v) is 14.9. The van der Waals surface area contributed by atoms with Crippen LogP contribution in [-0.2, 0) is 23.9 Å². The number of hydrogen-bond donors (Lipinski definition) is 1. The number of hydrogen-bond acceptors (Lipinski definition) is 3. The minimum absolute atomic E-state index is 0.168. The smallest absolute Gasteiger partial charge is 0.347 e. The Bertz CT molecular complexity index is 878. The predicted molar refractivity (Wildman–Crippen MR) is 97.1 cm³/mol. The number of alkyl halides is 3. The van der Waals surface area contributed by atoms with E-state index in [0.717, 1.165) is 17.7 Å². The third-order valence-corrected chi connectivity index (χ3v) is 4.27.